The van der Waals surface area contributed by atoms with E-state index < -0.39 is 10.0 Å². The fourth-order valence-corrected chi connectivity index (χ4v) is 2.93. The number of piperazine rings is 1. The lowest BCUT2D eigenvalue weighted by atomic mass is 10.4. The third kappa shape index (κ3) is 2.83. The summed E-state index contributed by atoms with van der Waals surface area (Å²) in [5, 5.41) is 0. The van der Waals surface area contributed by atoms with Gasteiger partial charge in [-0.3, -0.25) is 0 Å². The molecular weight excluding hydrogens is 208 g/mol. The van der Waals surface area contributed by atoms with Crippen molar-refractivity contribution >= 4 is 22.0 Å². The predicted molar refractivity (Wildman–Crippen MR) is 56.1 cm³/mol. The molecule has 1 saturated heterocycles. The van der Waals surface area contributed by atoms with Crippen molar-refractivity contribution in [3.05, 3.63) is 0 Å². The maximum absolute atomic E-state index is 11.4. The molecule has 1 aliphatic rings. The van der Waals surface area contributed by atoms with E-state index in [1.54, 1.807) is 23.2 Å². The predicted octanol–water partition coefficient (Wildman–Crippen LogP) is 0.232. The summed E-state index contributed by atoms with van der Waals surface area (Å²) in [5.41, 5.74) is 0. The van der Waals surface area contributed by atoms with Gasteiger partial charge in [0.15, 0.2) is 0 Å². The van der Waals surface area contributed by atoms with Crippen LogP contribution in [0.25, 0.3) is 0 Å². The molecule has 0 aromatic heterocycles. The largest absolute Gasteiger partial charge is 0.248 e. The van der Waals surface area contributed by atoms with Gasteiger partial charge in [0.05, 0.1) is 5.75 Å². The van der Waals surface area contributed by atoms with Gasteiger partial charge in [-0.1, -0.05) is 11.9 Å². The molecule has 6 heteroatoms. The second-order valence-corrected chi connectivity index (χ2v) is 6.05. The summed E-state index contributed by atoms with van der Waals surface area (Å²) in [6.07, 6.45) is 2.02. The number of hydrogen-bond donors (Lipinski definition) is 0. The Morgan fingerprint density at radius 1 is 1.23 bits per heavy atom. The fourth-order valence-electron chi connectivity index (χ4n) is 1.31. The van der Waals surface area contributed by atoms with E-state index in [4.69, 9.17) is 0 Å². The van der Waals surface area contributed by atoms with Gasteiger partial charge in [0.1, 0.15) is 0 Å². The molecule has 1 rings (SSSR count). The van der Waals surface area contributed by atoms with Gasteiger partial charge < -0.3 is 0 Å². The second-order valence-electron chi connectivity index (χ2n) is 2.91. The molecule has 78 valence electrons. The van der Waals surface area contributed by atoms with Gasteiger partial charge in [-0.25, -0.2) is 12.7 Å². The first kappa shape index (κ1) is 11.3. The van der Waals surface area contributed by atoms with Crippen molar-refractivity contribution in [2.75, 3.05) is 38.2 Å². The van der Waals surface area contributed by atoms with Gasteiger partial charge in [-0.2, -0.15) is 4.31 Å². The fraction of sp³-hybridized carbons (Fsp3) is 1.00. The van der Waals surface area contributed by atoms with Crippen molar-refractivity contribution < 1.29 is 8.42 Å². The smallest absolute Gasteiger partial charge is 0.213 e. The van der Waals surface area contributed by atoms with Gasteiger partial charge in [0.2, 0.25) is 10.0 Å². The molecule has 0 bridgehead atoms. The Hall–Kier alpha value is 0.220. The minimum Gasteiger partial charge on any atom is -0.248 e. The minimum absolute atomic E-state index is 0.215. The Labute approximate surface area is 84.5 Å². The van der Waals surface area contributed by atoms with E-state index in [0.717, 1.165) is 13.1 Å². The highest BCUT2D eigenvalue weighted by molar-refractivity contribution is 7.96. The molecule has 0 N–H and O–H groups in total. The molecule has 0 aromatic carbocycles. The summed E-state index contributed by atoms with van der Waals surface area (Å²) in [7, 11) is -2.96. The lowest BCUT2D eigenvalue weighted by Gasteiger charge is -2.32. The summed E-state index contributed by atoms with van der Waals surface area (Å²) in [6, 6.07) is 0. The molecule has 0 atom stereocenters. The number of sulfonamides is 1. The Kier molecular flexibility index (Phi) is 4.03. The van der Waals surface area contributed by atoms with Crippen molar-refractivity contribution in [3.8, 4) is 0 Å². The zero-order chi connectivity index (χ0) is 9.90. The lowest BCUT2D eigenvalue weighted by Crippen LogP contribution is -2.46. The van der Waals surface area contributed by atoms with Crippen molar-refractivity contribution in [2.24, 2.45) is 0 Å². The SMILES string of the molecule is CCS(=O)(=O)N1CCN(SC)CC1. The highest BCUT2D eigenvalue weighted by atomic mass is 32.2. The van der Waals surface area contributed by atoms with E-state index in [9.17, 15) is 8.42 Å². The molecule has 0 aliphatic carbocycles. The Morgan fingerprint density at radius 2 is 1.77 bits per heavy atom. The first-order chi connectivity index (χ1) is 6.10. The highest BCUT2D eigenvalue weighted by Crippen LogP contribution is 2.12. The van der Waals surface area contributed by atoms with E-state index in [-0.39, 0.29) is 5.75 Å². The minimum atomic E-state index is -2.96. The lowest BCUT2D eigenvalue weighted by molar-refractivity contribution is 0.290. The molecule has 0 aromatic rings. The average Bonchev–Trinajstić information content (AvgIpc) is 2.18. The molecule has 0 unspecified atom stereocenters. The number of rotatable bonds is 3. The number of hydrogen-bond acceptors (Lipinski definition) is 4. The van der Waals surface area contributed by atoms with E-state index in [1.807, 2.05) is 6.26 Å². The molecule has 0 saturated carbocycles. The Morgan fingerprint density at radius 3 is 2.15 bits per heavy atom. The van der Waals surface area contributed by atoms with Crippen LogP contribution in [0.3, 0.4) is 0 Å². The van der Waals surface area contributed by atoms with Crippen molar-refractivity contribution in [2.45, 2.75) is 6.92 Å². The monoisotopic (exact) mass is 224 g/mol. The van der Waals surface area contributed by atoms with E-state index in [0.29, 0.717) is 13.1 Å². The van der Waals surface area contributed by atoms with E-state index >= 15 is 0 Å². The maximum Gasteiger partial charge on any atom is 0.213 e. The first-order valence-electron chi connectivity index (χ1n) is 4.37. The molecule has 1 fully saturated rings. The normalized spacial score (nSPS) is 22.0. The molecular formula is C7H16N2O2S2. The van der Waals surface area contributed by atoms with Crippen LogP contribution in [0.15, 0.2) is 0 Å². The van der Waals surface area contributed by atoms with Gasteiger partial charge >= 0.3 is 0 Å². The van der Waals surface area contributed by atoms with Gasteiger partial charge in [0.25, 0.3) is 0 Å². The third-order valence-electron chi connectivity index (χ3n) is 2.21. The molecule has 0 spiro atoms. The zero-order valence-corrected chi connectivity index (χ0v) is 9.70. The molecule has 0 radical (unpaired) electrons. The molecule has 1 heterocycles. The zero-order valence-electron chi connectivity index (χ0n) is 8.06. The maximum atomic E-state index is 11.4. The van der Waals surface area contributed by atoms with Crippen molar-refractivity contribution in [1.29, 1.82) is 0 Å². The van der Waals surface area contributed by atoms with Crippen molar-refractivity contribution in [3.63, 3.8) is 0 Å². The van der Waals surface area contributed by atoms with Crippen LogP contribution in [0.5, 0.6) is 0 Å². The molecule has 4 nitrogen and oxygen atoms in total. The molecule has 0 amide bonds. The number of nitrogens with zero attached hydrogens (tertiary/aromatic N) is 2. The summed E-state index contributed by atoms with van der Waals surface area (Å²) in [5.74, 6) is 0.215. The van der Waals surface area contributed by atoms with Crippen molar-refractivity contribution in [1.82, 2.24) is 8.61 Å². The van der Waals surface area contributed by atoms with Crippen LogP contribution in [0, 0.1) is 0 Å². The van der Waals surface area contributed by atoms with E-state index in [1.165, 1.54) is 0 Å². The van der Waals surface area contributed by atoms with Crippen LogP contribution in [0.2, 0.25) is 0 Å². The summed E-state index contributed by atoms with van der Waals surface area (Å²) >= 11 is 1.68. The Balaban J connectivity index is 2.50. The third-order valence-corrected chi connectivity index (χ3v) is 4.98. The standard InChI is InChI=1S/C7H16N2O2S2/c1-3-13(10,11)9-6-4-8(12-2)5-7-9/h3-7H2,1-2H3. The van der Waals surface area contributed by atoms with Gasteiger partial charge in [-0.05, 0) is 13.2 Å². The topological polar surface area (TPSA) is 40.6 Å². The Bertz CT molecular complexity index is 245. The van der Waals surface area contributed by atoms with Gasteiger partial charge in [0, 0.05) is 26.2 Å². The van der Waals surface area contributed by atoms with Gasteiger partial charge in [-0.15, -0.1) is 0 Å². The summed E-state index contributed by atoms with van der Waals surface area (Å²) in [4.78, 5) is 0. The summed E-state index contributed by atoms with van der Waals surface area (Å²) < 4.78 is 26.7. The molecule has 1 aliphatic heterocycles. The average molecular weight is 224 g/mol. The quantitative estimate of drug-likeness (QED) is 0.644. The highest BCUT2D eigenvalue weighted by Gasteiger charge is 2.24. The second kappa shape index (κ2) is 4.63. The van der Waals surface area contributed by atoms with Crippen LogP contribution < -0.4 is 0 Å². The molecule has 13 heavy (non-hydrogen) atoms. The first-order valence-corrected chi connectivity index (χ1v) is 7.16. The van der Waals surface area contributed by atoms with Crippen LogP contribution in [-0.2, 0) is 10.0 Å². The van der Waals surface area contributed by atoms with Crippen LogP contribution in [0.4, 0.5) is 0 Å². The van der Waals surface area contributed by atoms with Crippen LogP contribution in [-0.4, -0.2) is 55.2 Å². The van der Waals surface area contributed by atoms with E-state index in [2.05, 4.69) is 4.31 Å². The van der Waals surface area contributed by atoms with Crippen LogP contribution >= 0.6 is 11.9 Å². The van der Waals surface area contributed by atoms with Crippen LogP contribution in [0.1, 0.15) is 6.92 Å². The summed E-state index contributed by atoms with van der Waals surface area (Å²) in [6.45, 7) is 4.63.